The first-order valence-electron chi connectivity index (χ1n) is 7.94. The molecule has 2 aliphatic heterocycles. The molecule has 0 radical (unpaired) electrons. The predicted molar refractivity (Wildman–Crippen MR) is 96.7 cm³/mol. The van der Waals surface area contributed by atoms with Gasteiger partial charge in [0, 0.05) is 24.9 Å². The van der Waals surface area contributed by atoms with Crippen molar-refractivity contribution in [1.29, 1.82) is 0 Å². The number of hydrogen-bond acceptors (Lipinski definition) is 6. The van der Waals surface area contributed by atoms with Crippen molar-refractivity contribution >= 4 is 40.4 Å². The number of aromatic nitrogens is 2. The summed E-state index contributed by atoms with van der Waals surface area (Å²) in [5.74, 6) is 1.19. The lowest BCUT2D eigenvalue weighted by Gasteiger charge is -2.27. The quantitative estimate of drug-likeness (QED) is 0.648. The molecule has 2 aliphatic rings. The van der Waals surface area contributed by atoms with Crippen LogP contribution in [0.15, 0.2) is 36.7 Å². The Morgan fingerprint density at radius 2 is 2.08 bits per heavy atom. The molecular formula is C17H16ClN5O2. The zero-order chi connectivity index (χ0) is 17.2. The van der Waals surface area contributed by atoms with Crippen molar-refractivity contribution in [2.75, 3.05) is 41.8 Å². The Hall–Kier alpha value is -2.64. The Morgan fingerprint density at radius 1 is 1.24 bits per heavy atom. The van der Waals surface area contributed by atoms with Gasteiger partial charge >= 0.3 is 0 Å². The number of carbonyl (C=O) groups excluding carboxylic acids is 1. The van der Waals surface area contributed by atoms with E-state index in [0.717, 1.165) is 43.4 Å². The Morgan fingerprint density at radius 3 is 2.84 bits per heavy atom. The molecule has 0 bridgehead atoms. The molecule has 0 aromatic carbocycles. The highest BCUT2D eigenvalue weighted by atomic mass is 35.5. The molecule has 0 aliphatic carbocycles. The summed E-state index contributed by atoms with van der Waals surface area (Å²) < 4.78 is 5.35. The van der Waals surface area contributed by atoms with E-state index in [4.69, 9.17) is 16.3 Å². The van der Waals surface area contributed by atoms with Crippen LogP contribution in [0.1, 0.15) is 5.56 Å². The van der Waals surface area contributed by atoms with E-state index in [1.54, 1.807) is 24.5 Å². The number of nitrogens with one attached hydrogen (secondary N) is 2. The number of morpholine rings is 1. The molecule has 0 saturated carbocycles. The Labute approximate surface area is 149 Å². The number of carbonyl (C=O) groups is 1. The normalized spacial score (nSPS) is 18.2. The maximum Gasteiger partial charge on any atom is 0.259 e. The summed E-state index contributed by atoms with van der Waals surface area (Å²) >= 11 is 5.85. The smallest absolute Gasteiger partial charge is 0.259 e. The predicted octanol–water partition coefficient (Wildman–Crippen LogP) is 2.37. The second kappa shape index (κ2) is 6.70. The van der Waals surface area contributed by atoms with Crippen molar-refractivity contribution in [3.8, 4) is 0 Å². The van der Waals surface area contributed by atoms with Gasteiger partial charge in [-0.25, -0.2) is 9.97 Å². The van der Waals surface area contributed by atoms with Gasteiger partial charge < -0.3 is 20.3 Å². The van der Waals surface area contributed by atoms with Crippen LogP contribution in [0.25, 0.3) is 5.57 Å². The van der Waals surface area contributed by atoms with E-state index in [2.05, 4.69) is 25.5 Å². The number of fused-ring (bicyclic) bond motifs is 1. The number of nitrogens with zero attached hydrogens (tertiary/aromatic N) is 3. The van der Waals surface area contributed by atoms with Crippen LogP contribution in [0.5, 0.6) is 0 Å². The molecule has 4 rings (SSSR count). The van der Waals surface area contributed by atoms with E-state index in [1.807, 2.05) is 12.1 Å². The third kappa shape index (κ3) is 3.29. The average molecular weight is 358 g/mol. The fourth-order valence-electron chi connectivity index (χ4n) is 2.79. The van der Waals surface area contributed by atoms with Crippen molar-refractivity contribution < 1.29 is 9.53 Å². The van der Waals surface area contributed by atoms with Crippen LogP contribution in [-0.4, -0.2) is 42.2 Å². The average Bonchev–Trinajstić information content (AvgIpc) is 2.95. The summed E-state index contributed by atoms with van der Waals surface area (Å²) in [5.41, 5.74) is 2.03. The standard InChI is InChI=1S/C17H16ClN5O2/c18-14-3-2-12-13(17(24)22-16(12)21-14)10-19-11-1-4-15(20-9-11)23-5-7-25-8-6-23/h1-4,9-10,19H,5-8H2,(H,21,22,24). The molecule has 1 fully saturated rings. The van der Waals surface area contributed by atoms with Crippen molar-refractivity contribution in [3.05, 3.63) is 47.4 Å². The summed E-state index contributed by atoms with van der Waals surface area (Å²) in [6.07, 6.45) is 3.40. The molecule has 2 aromatic heterocycles. The summed E-state index contributed by atoms with van der Waals surface area (Å²) in [5, 5.41) is 6.16. The van der Waals surface area contributed by atoms with Crippen LogP contribution in [0.4, 0.5) is 17.3 Å². The molecule has 2 N–H and O–H groups in total. The highest BCUT2D eigenvalue weighted by molar-refractivity contribution is 6.33. The summed E-state index contributed by atoms with van der Waals surface area (Å²) in [7, 11) is 0. The van der Waals surface area contributed by atoms with Gasteiger partial charge in [0.25, 0.3) is 5.91 Å². The van der Waals surface area contributed by atoms with Crippen molar-refractivity contribution in [2.24, 2.45) is 0 Å². The minimum atomic E-state index is -0.213. The highest BCUT2D eigenvalue weighted by Gasteiger charge is 2.25. The monoisotopic (exact) mass is 357 g/mol. The largest absolute Gasteiger partial charge is 0.378 e. The van der Waals surface area contributed by atoms with E-state index >= 15 is 0 Å². The van der Waals surface area contributed by atoms with Crippen LogP contribution < -0.4 is 15.5 Å². The lowest BCUT2D eigenvalue weighted by Crippen LogP contribution is -2.36. The second-order valence-electron chi connectivity index (χ2n) is 5.69. The van der Waals surface area contributed by atoms with Crippen molar-refractivity contribution in [2.45, 2.75) is 0 Å². The van der Waals surface area contributed by atoms with E-state index in [1.165, 1.54) is 0 Å². The molecule has 128 valence electrons. The zero-order valence-corrected chi connectivity index (χ0v) is 14.1. The van der Waals surface area contributed by atoms with Gasteiger partial charge in [-0.1, -0.05) is 11.6 Å². The molecule has 0 unspecified atom stereocenters. The minimum Gasteiger partial charge on any atom is -0.378 e. The van der Waals surface area contributed by atoms with Crippen LogP contribution in [-0.2, 0) is 9.53 Å². The van der Waals surface area contributed by atoms with Crippen LogP contribution in [0, 0.1) is 0 Å². The zero-order valence-electron chi connectivity index (χ0n) is 13.3. The maximum atomic E-state index is 12.1. The minimum absolute atomic E-state index is 0.213. The van der Waals surface area contributed by atoms with Gasteiger partial charge in [0.15, 0.2) is 0 Å². The van der Waals surface area contributed by atoms with Crippen LogP contribution in [0.3, 0.4) is 0 Å². The number of hydrogen-bond donors (Lipinski definition) is 2. The Kier molecular flexibility index (Phi) is 4.25. The van der Waals surface area contributed by atoms with E-state index in [-0.39, 0.29) is 5.91 Å². The molecule has 4 heterocycles. The van der Waals surface area contributed by atoms with Crippen molar-refractivity contribution in [1.82, 2.24) is 9.97 Å². The van der Waals surface area contributed by atoms with Gasteiger partial charge in [0.05, 0.1) is 30.7 Å². The third-order valence-corrected chi connectivity index (χ3v) is 4.30. The SMILES string of the molecule is O=C1Nc2nc(Cl)ccc2C1=CNc1ccc(N2CCOCC2)nc1. The fraction of sp³-hybridized carbons (Fsp3) is 0.235. The van der Waals surface area contributed by atoms with Gasteiger partial charge in [0.2, 0.25) is 0 Å². The molecular weight excluding hydrogens is 342 g/mol. The number of amides is 1. The first-order chi connectivity index (χ1) is 12.2. The lowest BCUT2D eigenvalue weighted by molar-refractivity contribution is -0.110. The molecule has 1 amide bonds. The molecule has 8 heteroatoms. The molecule has 7 nitrogen and oxygen atoms in total. The second-order valence-corrected chi connectivity index (χ2v) is 6.08. The summed E-state index contributed by atoms with van der Waals surface area (Å²) in [4.78, 5) is 22.9. The highest BCUT2D eigenvalue weighted by Crippen LogP contribution is 2.31. The van der Waals surface area contributed by atoms with Crippen LogP contribution in [0.2, 0.25) is 5.15 Å². The van der Waals surface area contributed by atoms with E-state index in [9.17, 15) is 4.79 Å². The van der Waals surface area contributed by atoms with Gasteiger partial charge in [-0.3, -0.25) is 4.79 Å². The first-order valence-corrected chi connectivity index (χ1v) is 8.32. The maximum absolute atomic E-state index is 12.1. The van der Waals surface area contributed by atoms with Gasteiger partial charge in [-0.05, 0) is 24.3 Å². The topological polar surface area (TPSA) is 79.4 Å². The first kappa shape index (κ1) is 15.9. The third-order valence-electron chi connectivity index (χ3n) is 4.09. The Bertz CT molecular complexity index is 831. The van der Waals surface area contributed by atoms with Crippen LogP contribution >= 0.6 is 11.6 Å². The summed E-state index contributed by atoms with van der Waals surface area (Å²) in [6, 6.07) is 7.32. The number of halogens is 1. The molecule has 2 aromatic rings. The molecule has 0 atom stereocenters. The molecule has 1 saturated heterocycles. The number of ether oxygens (including phenoxy) is 1. The van der Waals surface area contributed by atoms with E-state index < -0.39 is 0 Å². The molecule has 0 spiro atoms. The van der Waals surface area contributed by atoms with Gasteiger partial charge in [-0.15, -0.1) is 0 Å². The number of anilines is 3. The fourth-order valence-corrected chi connectivity index (χ4v) is 2.94. The lowest BCUT2D eigenvalue weighted by atomic mass is 10.1. The van der Waals surface area contributed by atoms with E-state index in [0.29, 0.717) is 16.5 Å². The van der Waals surface area contributed by atoms with Gasteiger partial charge in [-0.2, -0.15) is 0 Å². The Balaban J connectivity index is 1.49. The summed E-state index contributed by atoms with van der Waals surface area (Å²) in [6.45, 7) is 3.13. The molecule has 25 heavy (non-hydrogen) atoms. The number of pyridine rings is 2. The van der Waals surface area contributed by atoms with Crippen molar-refractivity contribution in [3.63, 3.8) is 0 Å². The number of rotatable bonds is 3. The van der Waals surface area contributed by atoms with Gasteiger partial charge in [0.1, 0.15) is 16.8 Å².